The lowest BCUT2D eigenvalue weighted by Gasteiger charge is -2.18. The van der Waals surface area contributed by atoms with Crippen LogP contribution in [0.2, 0.25) is 0 Å². The van der Waals surface area contributed by atoms with Crippen molar-refractivity contribution in [2.24, 2.45) is 0 Å². The summed E-state index contributed by atoms with van der Waals surface area (Å²) in [5.74, 6) is 0. The van der Waals surface area contributed by atoms with Gasteiger partial charge in [-0.05, 0) is 20.8 Å². The van der Waals surface area contributed by atoms with E-state index < -0.39 is 0 Å². The summed E-state index contributed by atoms with van der Waals surface area (Å²) in [7, 11) is 0. The van der Waals surface area contributed by atoms with Crippen LogP contribution in [0.25, 0.3) is 0 Å². The fourth-order valence-corrected chi connectivity index (χ4v) is 1.82. The molecule has 0 aromatic rings. The minimum Gasteiger partial charge on any atom is -0.376 e. The third-order valence-corrected chi connectivity index (χ3v) is 2.98. The van der Waals surface area contributed by atoms with Crippen molar-refractivity contribution in [1.29, 1.82) is 0 Å². The van der Waals surface area contributed by atoms with Gasteiger partial charge >= 0.3 is 0 Å². The van der Waals surface area contributed by atoms with E-state index in [1.165, 1.54) is 0 Å². The van der Waals surface area contributed by atoms with E-state index in [0.29, 0.717) is 72.7 Å². The molecule has 0 aliphatic carbocycles. The molecule has 0 radical (unpaired) electrons. The number of hydrogen-bond donors (Lipinski definition) is 0. The Balaban J connectivity index is 3.92. The van der Waals surface area contributed by atoms with Crippen LogP contribution in [0.5, 0.6) is 0 Å². The SMILES string of the molecule is C=C(C)COCCOCC(COCCOCC(=C)C)OCCOCC(=C)C. The minimum atomic E-state index is -0.166. The molecule has 0 heterocycles. The predicted molar refractivity (Wildman–Crippen MR) is 108 cm³/mol. The predicted octanol–water partition coefficient (Wildman–Crippen LogP) is 3.18. The molecule has 0 aliphatic heterocycles. The molecule has 0 spiro atoms. The molecule has 6 nitrogen and oxygen atoms in total. The highest BCUT2D eigenvalue weighted by molar-refractivity contribution is 4.88. The fraction of sp³-hybridized carbons (Fsp3) is 0.714. The van der Waals surface area contributed by atoms with Gasteiger partial charge in [0, 0.05) is 0 Å². The molecule has 0 saturated carbocycles. The topological polar surface area (TPSA) is 55.4 Å². The molecule has 158 valence electrons. The van der Waals surface area contributed by atoms with Crippen LogP contribution in [0.1, 0.15) is 20.8 Å². The first kappa shape index (κ1) is 26.0. The highest BCUT2D eigenvalue weighted by Gasteiger charge is 2.10. The molecule has 0 saturated heterocycles. The molecular weight excluding hydrogens is 348 g/mol. The van der Waals surface area contributed by atoms with Crippen LogP contribution in [-0.2, 0) is 28.4 Å². The van der Waals surface area contributed by atoms with Crippen molar-refractivity contribution in [3.63, 3.8) is 0 Å². The number of ether oxygens (including phenoxy) is 6. The maximum atomic E-state index is 5.80. The zero-order valence-electron chi connectivity index (χ0n) is 17.4. The normalized spacial score (nSPS) is 11.1. The van der Waals surface area contributed by atoms with Gasteiger partial charge in [-0.25, -0.2) is 0 Å². The van der Waals surface area contributed by atoms with E-state index in [1.807, 2.05) is 20.8 Å². The van der Waals surface area contributed by atoms with Gasteiger partial charge in [-0.15, -0.1) is 0 Å². The van der Waals surface area contributed by atoms with Crippen LogP contribution in [0, 0.1) is 0 Å². The van der Waals surface area contributed by atoms with E-state index in [1.54, 1.807) is 0 Å². The maximum absolute atomic E-state index is 5.80. The van der Waals surface area contributed by atoms with E-state index in [2.05, 4.69) is 19.7 Å². The van der Waals surface area contributed by atoms with Gasteiger partial charge in [0.2, 0.25) is 0 Å². The summed E-state index contributed by atoms with van der Waals surface area (Å²) in [5.41, 5.74) is 2.98. The van der Waals surface area contributed by atoms with Gasteiger partial charge in [0.15, 0.2) is 0 Å². The van der Waals surface area contributed by atoms with Crippen molar-refractivity contribution in [3.8, 4) is 0 Å². The van der Waals surface area contributed by atoms with Crippen molar-refractivity contribution in [2.75, 3.05) is 72.7 Å². The molecule has 0 unspecified atom stereocenters. The van der Waals surface area contributed by atoms with Gasteiger partial charge in [0.05, 0.1) is 72.7 Å². The van der Waals surface area contributed by atoms with Gasteiger partial charge in [-0.3, -0.25) is 0 Å². The molecule has 0 bridgehead atoms. The lowest BCUT2D eigenvalue weighted by molar-refractivity contribution is -0.0814. The first-order chi connectivity index (χ1) is 12.9. The van der Waals surface area contributed by atoms with Crippen LogP contribution in [0.4, 0.5) is 0 Å². The van der Waals surface area contributed by atoms with Crippen molar-refractivity contribution in [3.05, 3.63) is 36.5 Å². The monoisotopic (exact) mass is 386 g/mol. The Morgan fingerprint density at radius 3 is 1.26 bits per heavy atom. The summed E-state index contributed by atoms with van der Waals surface area (Å²) in [4.78, 5) is 0. The maximum Gasteiger partial charge on any atom is 0.104 e. The van der Waals surface area contributed by atoms with Gasteiger partial charge < -0.3 is 28.4 Å². The summed E-state index contributed by atoms with van der Waals surface area (Å²) in [6.07, 6.45) is -0.166. The van der Waals surface area contributed by atoms with Gasteiger partial charge in [-0.2, -0.15) is 0 Å². The highest BCUT2D eigenvalue weighted by Crippen LogP contribution is 1.98. The second kappa shape index (κ2) is 18.3. The number of rotatable bonds is 20. The zero-order valence-corrected chi connectivity index (χ0v) is 17.4. The van der Waals surface area contributed by atoms with E-state index in [-0.39, 0.29) is 6.10 Å². The summed E-state index contributed by atoms with van der Waals surface area (Å²) >= 11 is 0. The molecule has 0 amide bonds. The average molecular weight is 387 g/mol. The lowest BCUT2D eigenvalue weighted by Crippen LogP contribution is -2.28. The van der Waals surface area contributed by atoms with Crippen molar-refractivity contribution >= 4 is 0 Å². The van der Waals surface area contributed by atoms with Crippen LogP contribution < -0.4 is 0 Å². The Kier molecular flexibility index (Phi) is 17.7. The largest absolute Gasteiger partial charge is 0.376 e. The van der Waals surface area contributed by atoms with Crippen molar-refractivity contribution in [2.45, 2.75) is 26.9 Å². The second-order valence-corrected chi connectivity index (χ2v) is 6.67. The summed E-state index contributed by atoms with van der Waals surface area (Å²) in [6, 6.07) is 0. The molecule has 0 rings (SSSR count). The Hall–Kier alpha value is -1.02. The van der Waals surface area contributed by atoms with Crippen LogP contribution in [-0.4, -0.2) is 78.8 Å². The Labute approximate surface area is 165 Å². The molecule has 27 heavy (non-hydrogen) atoms. The van der Waals surface area contributed by atoms with Crippen LogP contribution in [0.15, 0.2) is 36.5 Å². The first-order valence-corrected chi connectivity index (χ1v) is 9.35. The van der Waals surface area contributed by atoms with Gasteiger partial charge in [-0.1, -0.05) is 36.5 Å². The Morgan fingerprint density at radius 2 is 0.889 bits per heavy atom. The average Bonchev–Trinajstić information content (AvgIpc) is 2.59. The van der Waals surface area contributed by atoms with Gasteiger partial charge in [0.25, 0.3) is 0 Å². The standard InChI is InChI=1S/C21H38O6/c1-18(2)13-22-7-9-25-16-21(27-12-11-24-15-20(5)6)17-26-10-8-23-14-19(3)4/h21H,1,3,5,7-17H2,2,4,6H3. The Bertz CT molecular complexity index is 381. The van der Waals surface area contributed by atoms with E-state index in [4.69, 9.17) is 28.4 Å². The molecule has 6 heteroatoms. The molecule has 0 fully saturated rings. The lowest BCUT2D eigenvalue weighted by atomic mass is 10.4. The van der Waals surface area contributed by atoms with Crippen LogP contribution >= 0.6 is 0 Å². The summed E-state index contributed by atoms with van der Waals surface area (Å²) < 4.78 is 33.3. The molecule has 0 aromatic heterocycles. The van der Waals surface area contributed by atoms with Gasteiger partial charge in [0.1, 0.15) is 6.10 Å². The molecule has 0 aliphatic rings. The third kappa shape index (κ3) is 21.1. The number of hydrogen-bond acceptors (Lipinski definition) is 6. The molecular formula is C21H38O6. The molecule has 0 atom stereocenters. The summed E-state index contributed by atoms with van der Waals surface area (Å²) in [6.45, 7) is 22.7. The smallest absolute Gasteiger partial charge is 0.104 e. The van der Waals surface area contributed by atoms with Crippen LogP contribution in [0.3, 0.4) is 0 Å². The third-order valence-electron chi connectivity index (χ3n) is 2.98. The van der Waals surface area contributed by atoms with E-state index in [9.17, 15) is 0 Å². The quantitative estimate of drug-likeness (QED) is 0.237. The molecule has 0 aromatic carbocycles. The summed E-state index contributed by atoms with van der Waals surface area (Å²) in [5, 5.41) is 0. The fourth-order valence-electron chi connectivity index (χ4n) is 1.82. The van der Waals surface area contributed by atoms with E-state index in [0.717, 1.165) is 16.7 Å². The van der Waals surface area contributed by atoms with E-state index >= 15 is 0 Å². The first-order valence-electron chi connectivity index (χ1n) is 9.35. The Morgan fingerprint density at radius 1 is 0.556 bits per heavy atom. The zero-order chi connectivity index (χ0) is 20.3. The highest BCUT2D eigenvalue weighted by atomic mass is 16.6. The van der Waals surface area contributed by atoms with Crippen molar-refractivity contribution in [1.82, 2.24) is 0 Å². The second-order valence-electron chi connectivity index (χ2n) is 6.67. The molecule has 0 N–H and O–H groups in total. The minimum absolute atomic E-state index is 0.166. The van der Waals surface area contributed by atoms with Crippen molar-refractivity contribution < 1.29 is 28.4 Å².